The summed E-state index contributed by atoms with van der Waals surface area (Å²) in [5.74, 6) is 0.382. The van der Waals surface area contributed by atoms with Gasteiger partial charge in [0.05, 0.1) is 28.7 Å². The van der Waals surface area contributed by atoms with E-state index in [1.54, 1.807) is 10.9 Å². The standard InChI is InChI=1S/C21H22IN7O/c1-12(28-19-16(17(22)27-28)18(23)24-11-25-19)14-10-26-29(21(2,3)4)20(30)15(14)13-8-6-5-7-9-13/h5-12H,1-4H3,(H2,23,24,25). The quantitative estimate of drug-likeness (QED) is 0.418. The summed E-state index contributed by atoms with van der Waals surface area (Å²) in [5, 5.41) is 9.85. The van der Waals surface area contributed by atoms with Crippen molar-refractivity contribution in [2.45, 2.75) is 39.3 Å². The minimum absolute atomic E-state index is 0.140. The number of fused-ring (bicyclic) bond motifs is 1. The normalized spacial score (nSPS) is 13.0. The highest BCUT2D eigenvalue weighted by Gasteiger charge is 2.26. The number of benzene rings is 1. The number of hydrogen-bond donors (Lipinski definition) is 1. The number of nitrogen functional groups attached to an aromatic ring is 1. The fourth-order valence-corrected chi connectivity index (χ4v) is 4.26. The van der Waals surface area contributed by atoms with E-state index in [4.69, 9.17) is 5.73 Å². The number of anilines is 1. The monoisotopic (exact) mass is 515 g/mol. The number of hydrogen-bond acceptors (Lipinski definition) is 6. The smallest absolute Gasteiger partial charge is 0.275 e. The predicted octanol–water partition coefficient (Wildman–Crippen LogP) is 3.60. The Kier molecular flexibility index (Phi) is 5.08. The van der Waals surface area contributed by atoms with E-state index in [0.29, 0.717) is 26.1 Å². The molecule has 0 amide bonds. The summed E-state index contributed by atoms with van der Waals surface area (Å²) >= 11 is 2.13. The van der Waals surface area contributed by atoms with Gasteiger partial charge in [-0.2, -0.15) is 10.2 Å². The Morgan fingerprint density at radius 3 is 2.50 bits per heavy atom. The van der Waals surface area contributed by atoms with Gasteiger partial charge in [0.15, 0.2) is 5.65 Å². The highest BCUT2D eigenvalue weighted by molar-refractivity contribution is 14.1. The van der Waals surface area contributed by atoms with Crippen molar-refractivity contribution >= 4 is 39.4 Å². The molecule has 1 aromatic carbocycles. The zero-order valence-electron chi connectivity index (χ0n) is 17.2. The van der Waals surface area contributed by atoms with Gasteiger partial charge < -0.3 is 5.73 Å². The van der Waals surface area contributed by atoms with Crippen LogP contribution in [0.3, 0.4) is 0 Å². The van der Waals surface area contributed by atoms with E-state index in [2.05, 4.69) is 42.8 Å². The van der Waals surface area contributed by atoms with Gasteiger partial charge in [-0.05, 0) is 55.8 Å². The van der Waals surface area contributed by atoms with Gasteiger partial charge in [-0.3, -0.25) is 4.79 Å². The molecule has 9 heteroatoms. The molecule has 2 N–H and O–H groups in total. The van der Waals surface area contributed by atoms with Gasteiger partial charge >= 0.3 is 0 Å². The summed E-state index contributed by atoms with van der Waals surface area (Å²) in [4.78, 5) is 22.0. The molecule has 4 rings (SSSR count). The molecule has 0 spiro atoms. The van der Waals surface area contributed by atoms with Crippen LogP contribution >= 0.6 is 22.6 Å². The molecule has 0 fully saturated rings. The Balaban J connectivity index is 1.99. The average Bonchev–Trinajstić information content (AvgIpc) is 3.04. The molecule has 0 aliphatic rings. The van der Waals surface area contributed by atoms with Crippen molar-refractivity contribution in [2.75, 3.05) is 5.73 Å². The zero-order valence-corrected chi connectivity index (χ0v) is 19.3. The van der Waals surface area contributed by atoms with Crippen molar-refractivity contribution in [3.05, 3.63) is 62.5 Å². The zero-order chi connectivity index (χ0) is 21.6. The molecule has 3 aromatic heterocycles. The Morgan fingerprint density at radius 2 is 1.83 bits per heavy atom. The van der Waals surface area contributed by atoms with E-state index in [1.165, 1.54) is 11.0 Å². The van der Waals surface area contributed by atoms with Crippen molar-refractivity contribution in [1.29, 1.82) is 0 Å². The summed E-state index contributed by atoms with van der Waals surface area (Å²) in [6.07, 6.45) is 3.18. The molecule has 0 bridgehead atoms. The molecule has 4 aromatic rings. The molecule has 0 aliphatic heterocycles. The average molecular weight is 515 g/mol. The van der Waals surface area contributed by atoms with Crippen LogP contribution in [0.4, 0.5) is 5.82 Å². The van der Waals surface area contributed by atoms with Crippen LogP contribution in [-0.4, -0.2) is 29.5 Å². The van der Waals surface area contributed by atoms with Crippen LogP contribution in [0, 0.1) is 3.70 Å². The molecule has 1 unspecified atom stereocenters. The second-order valence-corrected chi connectivity index (χ2v) is 9.12. The fourth-order valence-electron chi connectivity index (χ4n) is 3.51. The molecule has 3 heterocycles. The third-order valence-corrected chi connectivity index (χ3v) is 5.75. The molecule has 0 radical (unpaired) electrons. The lowest BCUT2D eigenvalue weighted by atomic mass is 9.97. The Morgan fingerprint density at radius 1 is 1.13 bits per heavy atom. The summed E-state index contributed by atoms with van der Waals surface area (Å²) in [6, 6.07) is 9.35. The lowest BCUT2D eigenvalue weighted by Crippen LogP contribution is -2.37. The van der Waals surface area contributed by atoms with E-state index >= 15 is 0 Å². The summed E-state index contributed by atoms with van der Waals surface area (Å²) in [7, 11) is 0. The number of halogens is 1. The van der Waals surface area contributed by atoms with E-state index in [-0.39, 0.29) is 11.6 Å². The minimum atomic E-state index is -0.447. The lowest BCUT2D eigenvalue weighted by Gasteiger charge is -2.24. The van der Waals surface area contributed by atoms with Crippen LogP contribution < -0.4 is 11.3 Å². The molecule has 8 nitrogen and oxygen atoms in total. The first-order chi connectivity index (χ1) is 14.2. The molecule has 0 saturated carbocycles. The molecule has 1 atom stereocenters. The van der Waals surface area contributed by atoms with E-state index < -0.39 is 5.54 Å². The van der Waals surface area contributed by atoms with Gasteiger partial charge in [-0.1, -0.05) is 30.3 Å². The largest absolute Gasteiger partial charge is 0.383 e. The molecular weight excluding hydrogens is 493 g/mol. The Hall–Kier alpha value is -2.82. The molecular formula is C21H22IN7O. The molecule has 154 valence electrons. The molecule has 0 saturated heterocycles. The number of nitrogens with zero attached hydrogens (tertiary/aromatic N) is 6. The van der Waals surface area contributed by atoms with E-state index in [0.717, 1.165) is 11.1 Å². The van der Waals surface area contributed by atoms with Crippen LogP contribution in [0.1, 0.15) is 39.3 Å². The Bertz CT molecular complexity index is 1290. The van der Waals surface area contributed by atoms with Crippen LogP contribution in [0.2, 0.25) is 0 Å². The first-order valence-electron chi connectivity index (χ1n) is 9.52. The number of aromatic nitrogens is 6. The van der Waals surface area contributed by atoms with Crippen LogP contribution in [-0.2, 0) is 5.54 Å². The number of nitrogens with two attached hydrogens (primary N) is 1. The van der Waals surface area contributed by atoms with Gasteiger partial charge in [0.2, 0.25) is 0 Å². The Labute approximate surface area is 187 Å². The lowest BCUT2D eigenvalue weighted by molar-refractivity contribution is 0.337. The first-order valence-corrected chi connectivity index (χ1v) is 10.6. The summed E-state index contributed by atoms with van der Waals surface area (Å²) in [5.41, 5.74) is 8.30. The van der Waals surface area contributed by atoms with Crippen molar-refractivity contribution in [1.82, 2.24) is 29.5 Å². The van der Waals surface area contributed by atoms with Gasteiger partial charge in [0.1, 0.15) is 15.8 Å². The van der Waals surface area contributed by atoms with Gasteiger partial charge in [0.25, 0.3) is 5.56 Å². The summed E-state index contributed by atoms with van der Waals surface area (Å²) in [6.45, 7) is 7.86. The van der Waals surface area contributed by atoms with Crippen LogP contribution in [0.25, 0.3) is 22.2 Å². The molecule has 0 aliphatic carbocycles. The topological polar surface area (TPSA) is 105 Å². The van der Waals surface area contributed by atoms with E-state index in [9.17, 15) is 4.79 Å². The van der Waals surface area contributed by atoms with Crippen molar-refractivity contribution < 1.29 is 0 Å². The SMILES string of the molecule is CC(c1cnn(C(C)(C)C)c(=O)c1-c1ccccc1)n1nc(I)c2c(N)ncnc21. The van der Waals surface area contributed by atoms with Crippen molar-refractivity contribution in [3.8, 4) is 11.1 Å². The molecule has 30 heavy (non-hydrogen) atoms. The predicted molar refractivity (Wildman–Crippen MR) is 125 cm³/mol. The van der Waals surface area contributed by atoms with Crippen LogP contribution in [0.5, 0.6) is 0 Å². The van der Waals surface area contributed by atoms with Crippen molar-refractivity contribution in [3.63, 3.8) is 0 Å². The maximum atomic E-state index is 13.5. The van der Waals surface area contributed by atoms with E-state index in [1.807, 2.05) is 58.0 Å². The third kappa shape index (κ3) is 3.36. The third-order valence-electron chi connectivity index (χ3n) is 5.00. The number of rotatable bonds is 3. The maximum absolute atomic E-state index is 13.5. The van der Waals surface area contributed by atoms with Crippen molar-refractivity contribution in [2.24, 2.45) is 0 Å². The highest BCUT2D eigenvalue weighted by Crippen LogP contribution is 2.31. The van der Waals surface area contributed by atoms with Gasteiger partial charge in [0, 0.05) is 5.56 Å². The highest BCUT2D eigenvalue weighted by atomic mass is 127. The maximum Gasteiger partial charge on any atom is 0.275 e. The first kappa shape index (κ1) is 20.5. The second kappa shape index (κ2) is 7.46. The van der Waals surface area contributed by atoms with Crippen LogP contribution in [0.15, 0.2) is 47.7 Å². The van der Waals surface area contributed by atoms with Gasteiger partial charge in [-0.15, -0.1) is 0 Å². The van der Waals surface area contributed by atoms with Gasteiger partial charge in [-0.25, -0.2) is 19.3 Å². The summed E-state index contributed by atoms with van der Waals surface area (Å²) < 4.78 is 4.01. The second-order valence-electron chi connectivity index (χ2n) is 8.10. The minimum Gasteiger partial charge on any atom is -0.383 e. The fraction of sp³-hybridized carbons (Fsp3) is 0.286.